The van der Waals surface area contributed by atoms with Crippen LogP contribution in [0.4, 0.5) is 0 Å². The van der Waals surface area contributed by atoms with Gasteiger partial charge in [-0.05, 0) is 12.8 Å². The molecule has 3 fully saturated rings. The zero-order chi connectivity index (χ0) is 8.55. The van der Waals surface area contributed by atoms with E-state index in [9.17, 15) is 4.79 Å². The van der Waals surface area contributed by atoms with E-state index in [0.29, 0.717) is 12.0 Å². The van der Waals surface area contributed by atoms with Gasteiger partial charge in [0.2, 0.25) is 0 Å². The van der Waals surface area contributed by atoms with Gasteiger partial charge in [-0.3, -0.25) is 4.99 Å². The molecule has 2 saturated heterocycles. The number of nitrogens with zero attached hydrogens (tertiary/aromatic N) is 1. The van der Waals surface area contributed by atoms with Crippen molar-refractivity contribution >= 4 is 12.0 Å². The van der Waals surface area contributed by atoms with E-state index >= 15 is 0 Å². The molecule has 0 aromatic heterocycles. The number of aliphatic imine (C=N–C) groups is 1. The monoisotopic (exact) mass is 166 g/mol. The first-order chi connectivity index (χ1) is 5.85. The molecule has 12 heavy (non-hydrogen) atoms. The molecule has 0 radical (unpaired) electrons. The fourth-order valence-electron chi connectivity index (χ4n) is 2.36. The molecule has 2 heterocycles. The number of piperidine rings is 2. The molecule has 3 rings (SSSR count). The molecule has 0 spiro atoms. The van der Waals surface area contributed by atoms with Crippen molar-refractivity contribution in [2.24, 2.45) is 10.9 Å². The Bertz CT molecular complexity index is 225. The summed E-state index contributed by atoms with van der Waals surface area (Å²) in [6.45, 7) is 0. The van der Waals surface area contributed by atoms with Crippen LogP contribution in [0.3, 0.4) is 0 Å². The lowest BCUT2D eigenvalue weighted by atomic mass is 9.75. The normalized spacial score (nSPS) is 43.4. The van der Waals surface area contributed by atoms with Crippen LogP contribution in [0.25, 0.3) is 0 Å². The van der Waals surface area contributed by atoms with Crippen molar-refractivity contribution in [3.8, 4) is 0 Å². The molecule has 0 amide bonds. The Labute approximate surface area is 72.3 Å². The number of carbonyl (C=O) groups excluding carboxylic acids is 1. The maximum atomic E-state index is 10.7. The quantitative estimate of drug-likeness (QED) is 0.573. The van der Waals surface area contributed by atoms with Gasteiger partial charge in [0.25, 0.3) is 0 Å². The van der Waals surface area contributed by atoms with E-state index in [1.165, 1.54) is 12.1 Å². The van der Waals surface area contributed by atoms with Gasteiger partial charge >= 0.3 is 0 Å². The van der Waals surface area contributed by atoms with Gasteiger partial charge in [0.1, 0.15) is 6.29 Å². The Morgan fingerprint density at radius 2 is 2.42 bits per heavy atom. The Balaban J connectivity index is 2.21. The second-order valence-corrected chi connectivity index (χ2v) is 3.63. The predicted octanol–water partition coefficient (Wildman–Crippen LogP) is 0.397. The molecule has 3 atom stereocenters. The number of fused-ring (bicyclic) bond motifs is 3. The van der Waals surface area contributed by atoms with Gasteiger partial charge in [0.15, 0.2) is 0 Å². The van der Waals surface area contributed by atoms with E-state index in [4.69, 9.17) is 0 Å². The maximum Gasteiger partial charge on any atom is 0.137 e. The van der Waals surface area contributed by atoms with Crippen LogP contribution >= 0.6 is 0 Å². The standard InChI is InChI=1S/C9H14N2O/c1-10-8-4-6-2-3-7(8)9(5-12)11-6/h5-7,9,11H,2-4H2,1H3/b10-8+/t6-,7+,9+/m0/s1. The van der Waals surface area contributed by atoms with Gasteiger partial charge in [-0.1, -0.05) is 0 Å². The average molecular weight is 166 g/mol. The highest BCUT2D eigenvalue weighted by atomic mass is 16.1. The van der Waals surface area contributed by atoms with Crippen molar-refractivity contribution in [1.82, 2.24) is 5.32 Å². The Morgan fingerprint density at radius 3 is 3.00 bits per heavy atom. The average Bonchev–Trinajstić information content (AvgIpc) is 2.18. The third-order valence-electron chi connectivity index (χ3n) is 3.01. The van der Waals surface area contributed by atoms with Gasteiger partial charge < -0.3 is 10.1 Å². The van der Waals surface area contributed by atoms with Gasteiger partial charge in [0.05, 0.1) is 6.04 Å². The van der Waals surface area contributed by atoms with E-state index < -0.39 is 0 Å². The zero-order valence-corrected chi connectivity index (χ0v) is 7.29. The molecule has 3 nitrogen and oxygen atoms in total. The summed E-state index contributed by atoms with van der Waals surface area (Å²) in [5.74, 6) is 0.387. The summed E-state index contributed by atoms with van der Waals surface area (Å²) in [7, 11) is 1.83. The lowest BCUT2D eigenvalue weighted by Crippen LogP contribution is -2.57. The topological polar surface area (TPSA) is 41.5 Å². The van der Waals surface area contributed by atoms with Gasteiger partial charge in [0, 0.05) is 31.1 Å². The summed E-state index contributed by atoms with van der Waals surface area (Å²) in [6.07, 6.45) is 4.41. The molecule has 2 aliphatic heterocycles. The third-order valence-corrected chi connectivity index (χ3v) is 3.01. The first-order valence-corrected chi connectivity index (χ1v) is 4.52. The van der Waals surface area contributed by atoms with Crippen molar-refractivity contribution in [1.29, 1.82) is 0 Å². The maximum absolute atomic E-state index is 10.7. The third kappa shape index (κ3) is 1.08. The molecule has 3 aliphatic rings. The summed E-state index contributed by atoms with van der Waals surface area (Å²) >= 11 is 0. The first-order valence-electron chi connectivity index (χ1n) is 4.52. The summed E-state index contributed by atoms with van der Waals surface area (Å²) in [5, 5.41) is 3.32. The number of hydrogen-bond acceptors (Lipinski definition) is 3. The van der Waals surface area contributed by atoms with Crippen LogP contribution in [0.5, 0.6) is 0 Å². The van der Waals surface area contributed by atoms with Crippen molar-refractivity contribution in [3.05, 3.63) is 0 Å². The van der Waals surface area contributed by atoms with Gasteiger partial charge in [-0.15, -0.1) is 0 Å². The Kier molecular flexibility index (Phi) is 1.97. The zero-order valence-electron chi connectivity index (χ0n) is 7.29. The summed E-state index contributed by atoms with van der Waals surface area (Å²) in [5.41, 5.74) is 1.24. The van der Waals surface area contributed by atoms with Crippen molar-refractivity contribution in [2.45, 2.75) is 31.3 Å². The van der Waals surface area contributed by atoms with Gasteiger partial charge in [-0.25, -0.2) is 0 Å². The molecule has 1 aliphatic carbocycles. The highest BCUT2D eigenvalue weighted by molar-refractivity contribution is 5.92. The van der Waals surface area contributed by atoms with E-state index in [1.807, 2.05) is 7.05 Å². The van der Waals surface area contributed by atoms with Crippen LogP contribution in [0.2, 0.25) is 0 Å². The molecule has 0 aromatic carbocycles. The second-order valence-electron chi connectivity index (χ2n) is 3.63. The van der Waals surface area contributed by atoms with E-state index in [0.717, 1.165) is 19.1 Å². The van der Waals surface area contributed by atoms with E-state index in [1.54, 1.807) is 0 Å². The fourth-order valence-corrected chi connectivity index (χ4v) is 2.36. The Hall–Kier alpha value is -0.700. The molecule has 0 unspecified atom stereocenters. The number of carbonyl (C=O) groups is 1. The fraction of sp³-hybridized carbons (Fsp3) is 0.778. The van der Waals surface area contributed by atoms with Crippen molar-refractivity contribution in [3.63, 3.8) is 0 Å². The molecule has 1 N–H and O–H groups in total. The van der Waals surface area contributed by atoms with Crippen LogP contribution in [0, 0.1) is 5.92 Å². The summed E-state index contributed by atoms with van der Waals surface area (Å²) in [4.78, 5) is 14.9. The largest absolute Gasteiger partial charge is 0.304 e. The minimum Gasteiger partial charge on any atom is -0.304 e. The van der Waals surface area contributed by atoms with Crippen LogP contribution in [-0.2, 0) is 4.79 Å². The lowest BCUT2D eigenvalue weighted by Gasteiger charge is -2.42. The second kappa shape index (κ2) is 2.98. The summed E-state index contributed by atoms with van der Waals surface area (Å²) < 4.78 is 0. The van der Waals surface area contributed by atoms with Crippen LogP contribution in [0.15, 0.2) is 4.99 Å². The predicted molar refractivity (Wildman–Crippen MR) is 47.5 cm³/mol. The van der Waals surface area contributed by atoms with Crippen LogP contribution in [0.1, 0.15) is 19.3 Å². The van der Waals surface area contributed by atoms with Crippen LogP contribution in [-0.4, -0.2) is 31.1 Å². The number of hydrogen-bond donors (Lipinski definition) is 1. The molecular formula is C9H14N2O. The molecule has 1 saturated carbocycles. The molecule has 0 aromatic rings. The highest BCUT2D eigenvalue weighted by Crippen LogP contribution is 2.30. The molecule has 3 heteroatoms. The van der Waals surface area contributed by atoms with Crippen molar-refractivity contribution < 1.29 is 4.79 Å². The van der Waals surface area contributed by atoms with Gasteiger partial charge in [-0.2, -0.15) is 0 Å². The van der Waals surface area contributed by atoms with Crippen molar-refractivity contribution in [2.75, 3.05) is 7.05 Å². The molecular weight excluding hydrogens is 152 g/mol. The number of nitrogens with one attached hydrogen (secondary N) is 1. The Morgan fingerprint density at radius 1 is 1.58 bits per heavy atom. The summed E-state index contributed by atoms with van der Waals surface area (Å²) in [6, 6.07) is 0.542. The first kappa shape index (κ1) is 7.92. The minimum atomic E-state index is 0.0381. The van der Waals surface area contributed by atoms with E-state index in [2.05, 4.69) is 10.3 Å². The molecule has 2 bridgehead atoms. The van der Waals surface area contributed by atoms with Crippen LogP contribution < -0.4 is 5.32 Å². The minimum absolute atomic E-state index is 0.0381. The number of rotatable bonds is 1. The molecule has 66 valence electrons. The SMILES string of the molecule is C/N=C1\C[C@@H]2CC[C@H]1[C@@H](C=O)N2. The number of aldehydes is 1. The highest BCUT2D eigenvalue weighted by Gasteiger charge is 2.38. The lowest BCUT2D eigenvalue weighted by molar-refractivity contribution is -0.111. The smallest absolute Gasteiger partial charge is 0.137 e. The van der Waals surface area contributed by atoms with E-state index in [-0.39, 0.29) is 6.04 Å².